The zero-order chi connectivity index (χ0) is 14.5. The van der Waals surface area contributed by atoms with Crippen molar-refractivity contribution in [1.29, 1.82) is 0 Å². The normalized spacial score (nSPS) is 10.6. The second-order valence-corrected chi connectivity index (χ2v) is 5.58. The molecule has 2 aromatic carbocycles. The first-order valence-electron chi connectivity index (χ1n) is 6.88. The Morgan fingerprint density at radius 1 is 1.15 bits per heavy atom. The number of halogens is 1. The van der Waals surface area contributed by atoms with Crippen molar-refractivity contribution in [3.05, 3.63) is 58.6 Å². The molecule has 0 atom stereocenters. The van der Waals surface area contributed by atoms with Crippen molar-refractivity contribution in [2.75, 3.05) is 24.2 Å². The molecule has 2 aromatic rings. The van der Waals surface area contributed by atoms with Crippen molar-refractivity contribution < 1.29 is 0 Å². The zero-order valence-corrected chi connectivity index (χ0v) is 12.8. The number of nitrogens with zero attached hydrogens (tertiary/aromatic N) is 1. The molecule has 0 fully saturated rings. The Labute approximate surface area is 126 Å². The molecule has 0 saturated carbocycles. The van der Waals surface area contributed by atoms with Gasteiger partial charge in [-0.25, -0.2) is 0 Å². The average Bonchev–Trinajstić information content (AvgIpc) is 2.44. The summed E-state index contributed by atoms with van der Waals surface area (Å²) in [5.74, 6) is 0. The fourth-order valence-corrected chi connectivity index (χ4v) is 2.55. The van der Waals surface area contributed by atoms with E-state index in [0.29, 0.717) is 10.7 Å². The number of anilines is 2. The van der Waals surface area contributed by atoms with Gasteiger partial charge in [-0.05, 0) is 43.0 Å². The van der Waals surface area contributed by atoms with Crippen LogP contribution in [-0.2, 0) is 6.42 Å². The van der Waals surface area contributed by atoms with E-state index in [-0.39, 0.29) is 0 Å². The molecule has 0 spiro atoms. The molecule has 0 aliphatic carbocycles. The van der Waals surface area contributed by atoms with Gasteiger partial charge >= 0.3 is 0 Å². The summed E-state index contributed by atoms with van der Waals surface area (Å²) < 4.78 is 0. The molecule has 0 saturated heterocycles. The molecule has 3 heteroatoms. The molecule has 0 aliphatic rings. The van der Waals surface area contributed by atoms with Crippen LogP contribution in [0.25, 0.3) is 0 Å². The van der Waals surface area contributed by atoms with E-state index in [1.165, 1.54) is 5.56 Å². The molecule has 0 amide bonds. The third-order valence-electron chi connectivity index (χ3n) is 3.53. The first kappa shape index (κ1) is 14.7. The highest BCUT2D eigenvalue weighted by Crippen LogP contribution is 2.28. The number of hydrogen-bond donors (Lipinski definition) is 1. The van der Waals surface area contributed by atoms with Crippen LogP contribution in [0, 0.1) is 6.92 Å². The second-order valence-electron chi connectivity index (χ2n) is 5.17. The molecule has 0 bridgehead atoms. The minimum Gasteiger partial charge on any atom is -0.398 e. The van der Waals surface area contributed by atoms with Gasteiger partial charge in [0.25, 0.3) is 0 Å². The molecule has 0 aromatic heterocycles. The summed E-state index contributed by atoms with van der Waals surface area (Å²) in [6, 6.07) is 14.5. The van der Waals surface area contributed by atoms with E-state index in [1.54, 1.807) is 0 Å². The van der Waals surface area contributed by atoms with Crippen molar-refractivity contribution in [2.45, 2.75) is 19.8 Å². The van der Waals surface area contributed by atoms with E-state index in [1.807, 2.05) is 12.1 Å². The van der Waals surface area contributed by atoms with Crippen molar-refractivity contribution in [3.8, 4) is 0 Å². The topological polar surface area (TPSA) is 29.3 Å². The van der Waals surface area contributed by atoms with Crippen LogP contribution in [0.1, 0.15) is 17.5 Å². The van der Waals surface area contributed by atoms with Crippen LogP contribution in [0.5, 0.6) is 0 Å². The summed E-state index contributed by atoms with van der Waals surface area (Å²) in [4.78, 5) is 2.24. The van der Waals surface area contributed by atoms with Crippen LogP contribution < -0.4 is 10.6 Å². The molecule has 0 radical (unpaired) electrons. The summed E-state index contributed by atoms with van der Waals surface area (Å²) in [7, 11) is 2.10. The molecule has 20 heavy (non-hydrogen) atoms. The Bertz CT molecular complexity index is 567. The van der Waals surface area contributed by atoms with Crippen molar-refractivity contribution in [3.63, 3.8) is 0 Å². The molecule has 106 valence electrons. The van der Waals surface area contributed by atoms with Crippen molar-refractivity contribution in [1.82, 2.24) is 0 Å². The Morgan fingerprint density at radius 3 is 2.55 bits per heavy atom. The number of aryl methyl sites for hydroxylation is 2. The van der Waals surface area contributed by atoms with Gasteiger partial charge in [0.05, 0.1) is 10.7 Å². The number of nitrogen functional groups attached to an aromatic ring is 1. The molecule has 0 unspecified atom stereocenters. The Kier molecular flexibility index (Phi) is 4.91. The van der Waals surface area contributed by atoms with Gasteiger partial charge < -0.3 is 10.6 Å². The Balaban J connectivity index is 1.95. The molecule has 2 rings (SSSR count). The molecule has 2 N–H and O–H groups in total. The van der Waals surface area contributed by atoms with Crippen LogP contribution in [0.3, 0.4) is 0 Å². The van der Waals surface area contributed by atoms with Gasteiger partial charge in [0.15, 0.2) is 0 Å². The largest absolute Gasteiger partial charge is 0.398 e. The van der Waals surface area contributed by atoms with E-state index >= 15 is 0 Å². The SMILES string of the molecule is Cc1cc(N)c(Cl)cc1N(C)CCCc1ccccc1. The minimum absolute atomic E-state index is 0.625. The summed E-state index contributed by atoms with van der Waals surface area (Å²) in [5.41, 5.74) is 10.2. The third kappa shape index (κ3) is 3.67. The third-order valence-corrected chi connectivity index (χ3v) is 3.86. The highest BCUT2D eigenvalue weighted by atomic mass is 35.5. The second kappa shape index (κ2) is 6.67. The van der Waals surface area contributed by atoms with Crippen LogP contribution >= 0.6 is 11.6 Å². The van der Waals surface area contributed by atoms with Gasteiger partial charge in [-0.15, -0.1) is 0 Å². The summed E-state index contributed by atoms with van der Waals surface area (Å²) in [6.45, 7) is 3.06. The van der Waals surface area contributed by atoms with Crippen molar-refractivity contribution >= 4 is 23.0 Å². The lowest BCUT2D eigenvalue weighted by molar-refractivity contribution is 0.784. The lowest BCUT2D eigenvalue weighted by atomic mass is 10.1. The molecular formula is C17H21ClN2. The lowest BCUT2D eigenvalue weighted by Crippen LogP contribution is -2.20. The fraction of sp³-hybridized carbons (Fsp3) is 0.294. The maximum atomic E-state index is 6.11. The molecule has 0 aliphatic heterocycles. The van der Waals surface area contributed by atoms with E-state index in [2.05, 4.69) is 49.2 Å². The monoisotopic (exact) mass is 288 g/mol. The van der Waals surface area contributed by atoms with Gasteiger partial charge in [-0.2, -0.15) is 0 Å². The zero-order valence-electron chi connectivity index (χ0n) is 12.1. The fourth-order valence-electron chi connectivity index (χ4n) is 2.39. The average molecular weight is 289 g/mol. The van der Waals surface area contributed by atoms with Crippen LogP contribution in [0.15, 0.2) is 42.5 Å². The lowest BCUT2D eigenvalue weighted by Gasteiger charge is -2.22. The molecular weight excluding hydrogens is 268 g/mol. The summed E-state index contributed by atoms with van der Waals surface area (Å²) in [6.07, 6.45) is 2.20. The Morgan fingerprint density at radius 2 is 1.85 bits per heavy atom. The maximum Gasteiger partial charge on any atom is 0.0656 e. The van der Waals surface area contributed by atoms with Gasteiger partial charge in [-0.3, -0.25) is 0 Å². The number of nitrogens with two attached hydrogens (primary N) is 1. The van der Waals surface area contributed by atoms with Gasteiger partial charge in [0.1, 0.15) is 0 Å². The standard InChI is InChI=1S/C17H21ClN2/c1-13-11-16(19)15(18)12-17(13)20(2)10-6-9-14-7-4-3-5-8-14/h3-5,7-8,11-12H,6,9-10,19H2,1-2H3. The highest BCUT2D eigenvalue weighted by molar-refractivity contribution is 6.33. The molecule has 2 nitrogen and oxygen atoms in total. The smallest absolute Gasteiger partial charge is 0.0656 e. The quantitative estimate of drug-likeness (QED) is 0.831. The van der Waals surface area contributed by atoms with Crippen molar-refractivity contribution in [2.24, 2.45) is 0 Å². The maximum absolute atomic E-state index is 6.11. The van der Waals surface area contributed by atoms with Crippen LogP contribution in [0.4, 0.5) is 11.4 Å². The Hall–Kier alpha value is -1.67. The number of benzene rings is 2. The first-order valence-corrected chi connectivity index (χ1v) is 7.26. The van der Waals surface area contributed by atoms with Gasteiger partial charge in [0.2, 0.25) is 0 Å². The van der Waals surface area contributed by atoms with Gasteiger partial charge in [-0.1, -0.05) is 41.9 Å². The number of rotatable bonds is 5. The van der Waals surface area contributed by atoms with E-state index in [0.717, 1.165) is 30.6 Å². The predicted octanol–water partition coefficient (Wildman–Crippen LogP) is 4.30. The molecule has 0 heterocycles. The van der Waals surface area contributed by atoms with E-state index in [4.69, 9.17) is 17.3 Å². The van der Waals surface area contributed by atoms with E-state index in [9.17, 15) is 0 Å². The summed E-state index contributed by atoms with van der Waals surface area (Å²) >= 11 is 6.11. The van der Waals surface area contributed by atoms with E-state index < -0.39 is 0 Å². The summed E-state index contributed by atoms with van der Waals surface area (Å²) in [5, 5.41) is 0.625. The van der Waals surface area contributed by atoms with Crippen LogP contribution in [0.2, 0.25) is 5.02 Å². The van der Waals surface area contributed by atoms with Crippen LogP contribution in [-0.4, -0.2) is 13.6 Å². The first-order chi connectivity index (χ1) is 9.58. The highest BCUT2D eigenvalue weighted by Gasteiger charge is 2.08. The number of hydrogen-bond acceptors (Lipinski definition) is 2. The minimum atomic E-state index is 0.625. The van der Waals surface area contributed by atoms with Gasteiger partial charge in [0, 0.05) is 19.3 Å². The predicted molar refractivity (Wildman–Crippen MR) is 88.6 cm³/mol.